The van der Waals surface area contributed by atoms with Crippen molar-refractivity contribution in [3.05, 3.63) is 23.0 Å². The molecule has 0 aliphatic heterocycles. The van der Waals surface area contributed by atoms with E-state index in [1.807, 2.05) is 0 Å². The smallest absolute Gasteiger partial charge is 0.311 e. The molecule has 0 radical (unpaired) electrons. The molecule has 1 aromatic heterocycles. The molecule has 0 aromatic carbocycles. The number of rotatable bonds is 4. The Bertz CT molecular complexity index is 424. The highest BCUT2D eigenvalue weighted by Crippen LogP contribution is 2.27. The Morgan fingerprint density at radius 1 is 1.59 bits per heavy atom. The van der Waals surface area contributed by atoms with Gasteiger partial charge in [-0.3, -0.25) is 9.78 Å². The van der Waals surface area contributed by atoms with Gasteiger partial charge in [-0.2, -0.15) is 0 Å². The maximum atomic E-state index is 12.7. The van der Waals surface area contributed by atoms with E-state index in [1.165, 1.54) is 0 Å². The third-order valence-electron chi connectivity index (χ3n) is 2.16. The summed E-state index contributed by atoms with van der Waals surface area (Å²) in [5.41, 5.74) is 4.72. The fourth-order valence-electron chi connectivity index (χ4n) is 1.29. The van der Waals surface area contributed by atoms with Crippen LogP contribution in [0.15, 0.2) is 6.07 Å². The molecule has 1 heterocycles. The van der Waals surface area contributed by atoms with E-state index in [1.54, 1.807) is 0 Å². The number of nitrogens with two attached hydrogens (primary N) is 1. The Kier molecular flexibility index (Phi) is 4.33. The number of esters is 1. The molecular formula is C10H12F2N2O3. The summed E-state index contributed by atoms with van der Waals surface area (Å²) < 4.78 is 29.7. The van der Waals surface area contributed by atoms with Crippen LogP contribution in [0.4, 0.5) is 8.78 Å². The highest BCUT2D eigenvalue weighted by molar-refractivity contribution is 5.72. The highest BCUT2D eigenvalue weighted by atomic mass is 19.3. The summed E-state index contributed by atoms with van der Waals surface area (Å²) in [6, 6.07) is 0.873. The lowest BCUT2D eigenvalue weighted by molar-refractivity contribution is -0.139. The molecule has 0 unspecified atom stereocenters. The number of carbonyl (C=O) groups excluding carboxylic acids is 1. The zero-order chi connectivity index (χ0) is 13.0. The quantitative estimate of drug-likeness (QED) is 0.771. The van der Waals surface area contributed by atoms with E-state index in [2.05, 4.69) is 9.72 Å². The van der Waals surface area contributed by atoms with Crippen molar-refractivity contribution in [2.45, 2.75) is 19.4 Å². The largest absolute Gasteiger partial charge is 0.506 e. The van der Waals surface area contributed by atoms with Gasteiger partial charge in [0.1, 0.15) is 5.75 Å². The van der Waals surface area contributed by atoms with Crippen molar-refractivity contribution < 1.29 is 23.4 Å². The second-order valence-corrected chi connectivity index (χ2v) is 3.25. The van der Waals surface area contributed by atoms with Gasteiger partial charge in [0.15, 0.2) is 0 Å². The van der Waals surface area contributed by atoms with Crippen molar-refractivity contribution in [2.75, 3.05) is 7.11 Å². The summed E-state index contributed by atoms with van der Waals surface area (Å²) in [5.74, 6) is -1.09. The van der Waals surface area contributed by atoms with E-state index in [9.17, 15) is 18.7 Å². The van der Waals surface area contributed by atoms with Gasteiger partial charge >= 0.3 is 5.97 Å². The van der Waals surface area contributed by atoms with E-state index in [-0.39, 0.29) is 24.4 Å². The average molecular weight is 246 g/mol. The number of nitrogens with zero attached hydrogens (tertiary/aromatic N) is 1. The number of carbonyl (C=O) groups is 1. The molecule has 5 nitrogen and oxygen atoms in total. The van der Waals surface area contributed by atoms with E-state index in [0.717, 1.165) is 13.2 Å². The predicted octanol–water partition coefficient (Wildman–Crippen LogP) is 0.899. The van der Waals surface area contributed by atoms with Crippen molar-refractivity contribution in [3.63, 3.8) is 0 Å². The van der Waals surface area contributed by atoms with E-state index >= 15 is 0 Å². The monoisotopic (exact) mass is 246 g/mol. The normalized spacial score (nSPS) is 10.6. The SMILES string of the molecule is COC(=O)Cc1nc(CN)c(O)cc1C(F)F. The van der Waals surface area contributed by atoms with Crippen LogP contribution in [-0.2, 0) is 22.5 Å². The van der Waals surface area contributed by atoms with Crippen molar-refractivity contribution in [2.24, 2.45) is 5.73 Å². The van der Waals surface area contributed by atoms with Gasteiger partial charge in [-0.25, -0.2) is 8.78 Å². The summed E-state index contributed by atoms with van der Waals surface area (Å²) in [4.78, 5) is 14.8. The number of pyridine rings is 1. The second-order valence-electron chi connectivity index (χ2n) is 3.25. The summed E-state index contributed by atoms with van der Waals surface area (Å²) >= 11 is 0. The van der Waals surface area contributed by atoms with Crippen LogP contribution >= 0.6 is 0 Å². The first-order valence-electron chi connectivity index (χ1n) is 4.76. The summed E-state index contributed by atoms with van der Waals surface area (Å²) in [7, 11) is 1.15. The fraction of sp³-hybridized carbons (Fsp3) is 0.400. The molecule has 0 saturated carbocycles. The zero-order valence-electron chi connectivity index (χ0n) is 9.11. The lowest BCUT2D eigenvalue weighted by Gasteiger charge is -2.10. The van der Waals surface area contributed by atoms with Crippen LogP contribution in [0.5, 0.6) is 5.75 Å². The van der Waals surface area contributed by atoms with E-state index < -0.39 is 23.7 Å². The molecule has 1 aromatic rings. The standard InChI is InChI=1S/C10H12F2N2O3/c1-17-9(16)3-6-5(10(11)12)2-8(15)7(4-13)14-6/h2,10,15H,3-4,13H2,1H3. The first kappa shape index (κ1) is 13.3. The summed E-state index contributed by atoms with van der Waals surface area (Å²) in [5, 5.41) is 9.36. The van der Waals surface area contributed by atoms with Gasteiger partial charge in [-0.15, -0.1) is 0 Å². The maximum Gasteiger partial charge on any atom is 0.311 e. The first-order chi connectivity index (χ1) is 7.99. The molecule has 0 atom stereocenters. The van der Waals surface area contributed by atoms with Gasteiger partial charge in [0.2, 0.25) is 0 Å². The molecule has 0 aliphatic rings. The Hall–Kier alpha value is -1.76. The Morgan fingerprint density at radius 2 is 2.24 bits per heavy atom. The zero-order valence-corrected chi connectivity index (χ0v) is 9.11. The molecule has 0 fully saturated rings. The van der Waals surface area contributed by atoms with Crippen molar-refractivity contribution in [1.29, 1.82) is 0 Å². The third-order valence-corrected chi connectivity index (χ3v) is 2.16. The number of hydrogen-bond acceptors (Lipinski definition) is 5. The number of alkyl halides is 2. The van der Waals surface area contributed by atoms with Crippen molar-refractivity contribution in [3.8, 4) is 5.75 Å². The summed E-state index contributed by atoms with van der Waals surface area (Å²) in [6.45, 7) is -0.108. The molecule has 7 heteroatoms. The maximum absolute atomic E-state index is 12.7. The molecule has 0 saturated heterocycles. The lowest BCUT2D eigenvalue weighted by atomic mass is 10.1. The topological polar surface area (TPSA) is 85.4 Å². The van der Waals surface area contributed by atoms with Gasteiger partial charge in [-0.1, -0.05) is 0 Å². The molecule has 1 rings (SSSR count). The van der Waals surface area contributed by atoms with Crippen molar-refractivity contribution in [1.82, 2.24) is 4.98 Å². The lowest BCUT2D eigenvalue weighted by Crippen LogP contribution is -2.12. The van der Waals surface area contributed by atoms with Crippen LogP contribution in [0, 0.1) is 0 Å². The average Bonchev–Trinajstić information content (AvgIpc) is 2.30. The number of methoxy groups -OCH3 is 1. The van der Waals surface area contributed by atoms with Gasteiger partial charge in [0.25, 0.3) is 6.43 Å². The van der Waals surface area contributed by atoms with Crippen LogP contribution in [0.25, 0.3) is 0 Å². The number of aromatic nitrogens is 1. The van der Waals surface area contributed by atoms with Crippen molar-refractivity contribution >= 4 is 5.97 Å². The van der Waals surface area contributed by atoms with Crippen LogP contribution in [0.2, 0.25) is 0 Å². The number of halogens is 2. The molecule has 17 heavy (non-hydrogen) atoms. The highest BCUT2D eigenvalue weighted by Gasteiger charge is 2.20. The minimum absolute atomic E-state index is 0.0632. The molecule has 0 spiro atoms. The van der Waals surface area contributed by atoms with Gasteiger partial charge in [0.05, 0.1) is 24.9 Å². The minimum atomic E-state index is -2.83. The van der Waals surface area contributed by atoms with E-state index in [4.69, 9.17) is 5.73 Å². The van der Waals surface area contributed by atoms with Crippen LogP contribution in [0.3, 0.4) is 0 Å². The number of hydrogen-bond donors (Lipinski definition) is 2. The molecule has 0 bridgehead atoms. The van der Waals surface area contributed by atoms with Crippen LogP contribution in [-0.4, -0.2) is 23.2 Å². The molecular weight excluding hydrogens is 234 g/mol. The summed E-state index contributed by atoms with van der Waals surface area (Å²) in [6.07, 6.45) is -3.22. The third kappa shape index (κ3) is 3.10. The Labute approximate surface area is 96.2 Å². The minimum Gasteiger partial charge on any atom is -0.506 e. The van der Waals surface area contributed by atoms with Crippen LogP contribution in [0.1, 0.15) is 23.4 Å². The molecule has 3 N–H and O–H groups in total. The Balaban J connectivity index is 3.19. The van der Waals surface area contributed by atoms with Gasteiger partial charge < -0.3 is 15.6 Å². The van der Waals surface area contributed by atoms with E-state index in [0.29, 0.717) is 0 Å². The van der Waals surface area contributed by atoms with Gasteiger partial charge in [-0.05, 0) is 6.07 Å². The molecule has 0 aliphatic carbocycles. The fourth-order valence-corrected chi connectivity index (χ4v) is 1.29. The predicted molar refractivity (Wildman–Crippen MR) is 54.5 cm³/mol. The van der Waals surface area contributed by atoms with Gasteiger partial charge in [0, 0.05) is 12.1 Å². The molecule has 94 valence electrons. The number of aromatic hydroxyl groups is 1. The first-order valence-corrected chi connectivity index (χ1v) is 4.76. The molecule has 0 amide bonds. The second kappa shape index (κ2) is 5.53. The Morgan fingerprint density at radius 3 is 2.71 bits per heavy atom. The number of ether oxygens (including phenoxy) is 1. The van der Waals surface area contributed by atoms with Crippen LogP contribution < -0.4 is 5.73 Å².